The summed E-state index contributed by atoms with van der Waals surface area (Å²) in [4.78, 5) is 33.6. The van der Waals surface area contributed by atoms with Gasteiger partial charge in [-0.25, -0.2) is 9.78 Å². The molecule has 140 valence electrons. The van der Waals surface area contributed by atoms with Gasteiger partial charge in [0, 0.05) is 39.3 Å². The zero-order chi connectivity index (χ0) is 19.1. The molecule has 0 unspecified atom stereocenters. The van der Waals surface area contributed by atoms with Gasteiger partial charge in [-0.3, -0.25) is 4.79 Å². The van der Waals surface area contributed by atoms with Crippen LogP contribution in [0.1, 0.15) is 37.4 Å². The minimum absolute atomic E-state index is 0.0498. The van der Waals surface area contributed by atoms with Crippen molar-refractivity contribution in [2.75, 3.05) is 36.8 Å². The molecule has 0 aliphatic carbocycles. The van der Waals surface area contributed by atoms with Crippen LogP contribution < -0.4 is 10.6 Å². The quantitative estimate of drug-likeness (QED) is 0.810. The van der Waals surface area contributed by atoms with Crippen molar-refractivity contribution in [1.82, 2.24) is 9.88 Å². The number of anilines is 2. The van der Waals surface area contributed by atoms with E-state index < -0.39 is 5.60 Å². The third kappa shape index (κ3) is 3.60. The number of Topliss-reactive ketones (excluding diaryl/α,β-unsaturated/α-hetero) is 1. The number of nitrogens with two attached hydrogens (primary N) is 1. The lowest BCUT2D eigenvalue weighted by molar-refractivity contribution is 0.0240. The second kappa shape index (κ2) is 6.75. The number of hydrogen-bond donors (Lipinski definition) is 1. The second-order valence-electron chi connectivity index (χ2n) is 7.37. The van der Waals surface area contributed by atoms with Crippen LogP contribution in [0.2, 0.25) is 0 Å². The largest absolute Gasteiger partial charge is 0.444 e. The monoisotopic (exact) mass is 376 g/mol. The number of pyridine rings is 1. The van der Waals surface area contributed by atoms with Gasteiger partial charge in [-0.05, 0) is 26.8 Å². The minimum atomic E-state index is -0.500. The lowest BCUT2D eigenvalue weighted by Crippen LogP contribution is -2.50. The summed E-state index contributed by atoms with van der Waals surface area (Å²) in [5.74, 6) is -0.0498. The molecule has 7 nitrogen and oxygen atoms in total. The first-order valence-electron chi connectivity index (χ1n) is 8.58. The highest BCUT2D eigenvalue weighted by Gasteiger charge is 2.27. The number of amides is 1. The van der Waals surface area contributed by atoms with Crippen LogP contribution in [-0.2, 0) is 4.74 Å². The van der Waals surface area contributed by atoms with Gasteiger partial charge in [0.15, 0.2) is 5.78 Å². The highest BCUT2D eigenvalue weighted by molar-refractivity contribution is 7.21. The summed E-state index contributed by atoms with van der Waals surface area (Å²) < 4.78 is 5.44. The number of aromatic nitrogens is 1. The van der Waals surface area contributed by atoms with Gasteiger partial charge in [0.1, 0.15) is 10.4 Å². The van der Waals surface area contributed by atoms with Crippen LogP contribution in [0.5, 0.6) is 0 Å². The first-order valence-corrected chi connectivity index (χ1v) is 9.40. The number of ketones is 1. The molecule has 8 heteroatoms. The molecule has 0 spiro atoms. The van der Waals surface area contributed by atoms with Crippen LogP contribution in [0.3, 0.4) is 0 Å². The number of fused-ring (bicyclic) bond motifs is 1. The van der Waals surface area contributed by atoms with Crippen molar-refractivity contribution in [2.24, 2.45) is 0 Å². The molecular weight excluding hydrogens is 352 g/mol. The molecule has 1 aliphatic heterocycles. The number of carbonyl (C=O) groups is 2. The molecule has 0 atom stereocenters. The highest BCUT2D eigenvalue weighted by atomic mass is 32.1. The summed E-state index contributed by atoms with van der Waals surface area (Å²) in [6, 6.07) is 1.92. The van der Waals surface area contributed by atoms with Gasteiger partial charge in [0.2, 0.25) is 0 Å². The molecule has 0 bridgehead atoms. The van der Waals surface area contributed by atoms with Crippen LogP contribution >= 0.6 is 11.3 Å². The summed E-state index contributed by atoms with van der Waals surface area (Å²) in [7, 11) is 0. The van der Waals surface area contributed by atoms with Crippen molar-refractivity contribution in [3.63, 3.8) is 0 Å². The Bertz CT molecular complexity index is 848. The maximum Gasteiger partial charge on any atom is 0.410 e. The second-order valence-corrected chi connectivity index (χ2v) is 8.36. The van der Waals surface area contributed by atoms with Crippen molar-refractivity contribution >= 4 is 44.8 Å². The van der Waals surface area contributed by atoms with E-state index in [1.165, 1.54) is 18.3 Å². The van der Waals surface area contributed by atoms with Crippen molar-refractivity contribution in [1.29, 1.82) is 0 Å². The van der Waals surface area contributed by atoms with Crippen LogP contribution in [-0.4, -0.2) is 53.5 Å². The molecule has 0 saturated carbocycles. The number of nitrogens with zero attached hydrogens (tertiary/aromatic N) is 3. The Morgan fingerprint density at radius 3 is 2.46 bits per heavy atom. The molecule has 1 fully saturated rings. The van der Waals surface area contributed by atoms with E-state index in [1.54, 1.807) is 11.1 Å². The summed E-state index contributed by atoms with van der Waals surface area (Å²) in [6.07, 6.45) is 1.45. The Morgan fingerprint density at radius 2 is 1.88 bits per heavy atom. The van der Waals surface area contributed by atoms with Crippen LogP contribution in [0.25, 0.3) is 10.2 Å². The molecule has 2 aromatic heterocycles. The first kappa shape index (κ1) is 18.4. The Balaban J connectivity index is 1.80. The number of nitrogen functional groups attached to an aromatic ring is 1. The van der Waals surface area contributed by atoms with Crippen molar-refractivity contribution < 1.29 is 14.3 Å². The van der Waals surface area contributed by atoms with E-state index in [9.17, 15) is 9.59 Å². The number of piperazine rings is 1. The SMILES string of the molecule is CC(=O)c1sc2nccc(N3CCN(C(=O)OC(C)(C)C)CC3)c2c1N. The number of rotatable bonds is 2. The van der Waals surface area contributed by atoms with E-state index in [4.69, 9.17) is 10.5 Å². The molecule has 1 saturated heterocycles. The van der Waals surface area contributed by atoms with Crippen molar-refractivity contribution in [3.8, 4) is 0 Å². The predicted octanol–water partition coefficient (Wildman–Crippen LogP) is 3.14. The predicted molar refractivity (Wildman–Crippen MR) is 104 cm³/mol. The zero-order valence-electron chi connectivity index (χ0n) is 15.5. The fourth-order valence-electron chi connectivity index (χ4n) is 3.01. The maximum atomic E-state index is 12.2. The Kier molecular flexibility index (Phi) is 4.79. The lowest BCUT2D eigenvalue weighted by Gasteiger charge is -2.37. The van der Waals surface area contributed by atoms with E-state index in [1.807, 2.05) is 26.8 Å². The standard InChI is InChI=1S/C18H24N4O3S/c1-11(23)15-14(19)13-12(5-6-20-16(13)26-15)21-7-9-22(10-8-21)17(24)25-18(2,3)4/h5-6H,7-10,19H2,1-4H3. The third-order valence-corrected chi connectivity index (χ3v) is 5.41. The zero-order valence-corrected chi connectivity index (χ0v) is 16.4. The molecule has 0 radical (unpaired) electrons. The van der Waals surface area contributed by atoms with Crippen LogP contribution in [0.4, 0.5) is 16.2 Å². The Morgan fingerprint density at radius 1 is 1.23 bits per heavy atom. The Hall–Kier alpha value is -2.35. The topological polar surface area (TPSA) is 88.8 Å². The van der Waals surface area contributed by atoms with E-state index in [2.05, 4.69) is 9.88 Å². The molecule has 2 aromatic rings. The van der Waals surface area contributed by atoms with E-state index in [-0.39, 0.29) is 11.9 Å². The van der Waals surface area contributed by atoms with Gasteiger partial charge in [-0.2, -0.15) is 0 Å². The molecule has 26 heavy (non-hydrogen) atoms. The molecular formula is C18H24N4O3S. The summed E-state index contributed by atoms with van der Waals surface area (Å²) in [6.45, 7) is 9.58. The average molecular weight is 376 g/mol. The van der Waals surface area contributed by atoms with Gasteiger partial charge in [-0.1, -0.05) is 0 Å². The van der Waals surface area contributed by atoms with Gasteiger partial charge in [0.25, 0.3) is 0 Å². The van der Waals surface area contributed by atoms with E-state index >= 15 is 0 Å². The normalized spacial score (nSPS) is 15.4. The maximum absolute atomic E-state index is 12.2. The number of hydrogen-bond acceptors (Lipinski definition) is 7. The van der Waals surface area contributed by atoms with Gasteiger partial charge in [-0.15, -0.1) is 11.3 Å². The fourth-order valence-corrected chi connectivity index (χ4v) is 3.99. The van der Waals surface area contributed by atoms with Crippen LogP contribution in [0.15, 0.2) is 12.3 Å². The van der Waals surface area contributed by atoms with E-state index in [0.29, 0.717) is 36.7 Å². The highest BCUT2D eigenvalue weighted by Crippen LogP contribution is 2.39. The first-order chi connectivity index (χ1) is 12.2. The van der Waals surface area contributed by atoms with Crippen molar-refractivity contribution in [3.05, 3.63) is 17.1 Å². The summed E-state index contributed by atoms with van der Waals surface area (Å²) in [5, 5.41) is 0.827. The number of thiophene rings is 1. The minimum Gasteiger partial charge on any atom is -0.444 e. The molecule has 3 heterocycles. The Labute approximate surface area is 156 Å². The molecule has 1 amide bonds. The smallest absolute Gasteiger partial charge is 0.410 e. The van der Waals surface area contributed by atoms with Crippen LogP contribution in [0, 0.1) is 0 Å². The fraction of sp³-hybridized carbons (Fsp3) is 0.500. The summed E-state index contributed by atoms with van der Waals surface area (Å²) in [5.41, 5.74) is 7.18. The third-order valence-electron chi connectivity index (χ3n) is 4.20. The van der Waals surface area contributed by atoms with Crippen molar-refractivity contribution in [2.45, 2.75) is 33.3 Å². The van der Waals surface area contributed by atoms with Gasteiger partial charge >= 0.3 is 6.09 Å². The molecule has 1 aliphatic rings. The molecule has 2 N–H and O–H groups in total. The van der Waals surface area contributed by atoms with Gasteiger partial charge in [0.05, 0.1) is 21.6 Å². The molecule has 0 aromatic carbocycles. The lowest BCUT2D eigenvalue weighted by atomic mass is 10.1. The van der Waals surface area contributed by atoms with Gasteiger partial charge < -0.3 is 20.3 Å². The number of ether oxygens (including phenoxy) is 1. The van der Waals surface area contributed by atoms with E-state index in [0.717, 1.165) is 15.9 Å². The number of carbonyl (C=O) groups excluding carboxylic acids is 2. The average Bonchev–Trinajstić information content (AvgIpc) is 2.91. The molecule has 3 rings (SSSR count). The summed E-state index contributed by atoms with van der Waals surface area (Å²) >= 11 is 1.33.